The minimum Gasteiger partial charge on any atom is -0.444 e. The van der Waals surface area contributed by atoms with Crippen molar-refractivity contribution in [3.8, 4) is 11.3 Å². The largest absolute Gasteiger partial charge is 0.444 e. The van der Waals surface area contributed by atoms with Crippen molar-refractivity contribution in [3.05, 3.63) is 76.1 Å². The van der Waals surface area contributed by atoms with E-state index in [1.807, 2.05) is 35.2 Å². The number of carbonyl (C=O) groups is 2. The number of anilines is 1. The van der Waals surface area contributed by atoms with Crippen LogP contribution in [0.1, 0.15) is 28.8 Å². The zero-order valence-corrected chi connectivity index (χ0v) is 18.2. The molecule has 0 unspecified atom stereocenters. The van der Waals surface area contributed by atoms with Crippen LogP contribution in [-0.2, 0) is 11.3 Å². The van der Waals surface area contributed by atoms with E-state index in [4.69, 9.17) is 4.74 Å². The summed E-state index contributed by atoms with van der Waals surface area (Å²) in [4.78, 5) is 39.1. The Bertz CT molecular complexity index is 1390. The second kappa shape index (κ2) is 9.18. The zero-order valence-electron chi connectivity index (χ0n) is 18.2. The third-order valence-electron chi connectivity index (χ3n) is 5.73. The molecule has 2 amide bonds. The molecule has 3 heterocycles. The van der Waals surface area contributed by atoms with E-state index in [2.05, 4.69) is 25.7 Å². The van der Waals surface area contributed by atoms with Crippen LogP contribution in [0.4, 0.5) is 10.6 Å². The number of benzene rings is 2. The maximum Gasteiger partial charge on any atom is 0.413 e. The number of nitrogens with zero attached hydrogens (tertiary/aromatic N) is 3. The quantitative estimate of drug-likeness (QED) is 0.420. The summed E-state index contributed by atoms with van der Waals surface area (Å²) in [6, 6.07) is 16.3. The fraction of sp³-hybridized carbons (Fsp3) is 0.208. The number of aromatic amines is 2. The molecular weight excluding hydrogens is 436 g/mol. The second-order valence-electron chi connectivity index (χ2n) is 7.99. The minimum atomic E-state index is -0.719. The normalized spacial score (nSPS) is 13.2. The van der Waals surface area contributed by atoms with Crippen LogP contribution in [0.5, 0.6) is 0 Å². The molecule has 0 spiro atoms. The summed E-state index contributed by atoms with van der Waals surface area (Å²) in [5.41, 5.74) is 2.21. The standard InChI is InChI=1S/C24H22N6O4/c31-22-20-18(21(28-29-22)25-24(33)34-14-15-6-2-1-3-7-15)19(26-27-20)16-8-10-17(11-9-16)23(32)30-12-4-5-13-30/h1-3,6-11H,4-5,12-14H2,(H,26,27)(H,29,31)(H,25,28,33). The molecule has 172 valence electrons. The molecule has 3 N–H and O–H groups in total. The summed E-state index contributed by atoms with van der Waals surface area (Å²) in [6.07, 6.45) is 1.32. The first-order valence-electron chi connectivity index (χ1n) is 10.9. The van der Waals surface area contributed by atoms with Gasteiger partial charge in [-0.15, -0.1) is 0 Å². The Balaban J connectivity index is 1.40. The second-order valence-corrected chi connectivity index (χ2v) is 7.99. The van der Waals surface area contributed by atoms with Gasteiger partial charge >= 0.3 is 6.09 Å². The van der Waals surface area contributed by atoms with Crippen molar-refractivity contribution in [2.45, 2.75) is 19.4 Å². The van der Waals surface area contributed by atoms with E-state index in [0.717, 1.165) is 31.5 Å². The van der Waals surface area contributed by atoms with Gasteiger partial charge in [-0.1, -0.05) is 42.5 Å². The molecule has 2 aromatic carbocycles. The number of fused-ring (bicyclic) bond motifs is 1. The van der Waals surface area contributed by atoms with E-state index in [1.165, 1.54) is 0 Å². The van der Waals surface area contributed by atoms with Gasteiger partial charge in [0.25, 0.3) is 11.5 Å². The third kappa shape index (κ3) is 4.25. The lowest BCUT2D eigenvalue weighted by atomic mass is 10.1. The molecule has 2 aromatic heterocycles. The van der Waals surface area contributed by atoms with Crippen molar-refractivity contribution in [2.24, 2.45) is 0 Å². The molecule has 1 aliphatic rings. The number of H-pyrrole nitrogens is 2. The van der Waals surface area contributed by atoms with Crippen LogP contribution >= 0.6 is 0 Å². The van der Waals surface area contributed by atoms with Crippen LogP contribution in [0.3, 0.4) is 0 Å². The van der Waals surface area contributed by atoms with Gasteiger partial charge in [0.05, 0.1) is 5.39 Å². The summed E-state index contributed by atoms with van der Waals surface area (Å²) in [7, 11) is 0. The SMILES string of the molecule is O=C(Nc1n[nH]c(=O)c2[nH]nc(-c3ccc(C(=O)N4CCCC4)cc3)c12)OCc1ccccc1. The van der Waals surface area contributed by atoms with Gasteiger partial charge in [-0.3, -0.25) is 20.0 Å². The molecule has 0 atom stereocenters. The topological polar surface area (TPSA) is 133 Å². The lowest BCUT2D eigenvalue weighted by Gasteiger charge is -2.15. The van der Waals surface area contributed by atoms with Crippen LogP contribution in [0.2, 0.25) is 0 Å². The first-order chi connectivity index (χ1) is 16.6. The zero-order chi connectivity index (χ0) is 23.5. The molecule has 0 saturated carbocycles. The summed E-state index contributed by atoms with van der Waals surface area (Å²) in [5, 5.41) is 16.2. The number of carbonyl (C=O) groups excluding carboxylic acids is 2. The number of rotatable bonds is 5. The van der Waals surface area contributed by atoms with Gasteiger partial charge in [-0.25, -0.2) is 9.89 Å². The average molecular weight is 458 g/mol. The molecule has 0 radical (unpaired) electrons. The predicted octanol–water partition coefficient (Wildman–Crippen LogP) is 3.30. The van der Waals surface area contributed by atoms with Crippen molar-refractivity contribution < 1.29 is 14.3 Å². The maximum atomic E-state index is 12.6. The van der Waals surface area contributed by atoms with E-state index in [-0.39, 0.29) is 23.8 Å². The Morgan fingerprint density at radius 3 is 2.44 bits per heavy atom. The predicted molar refractivity (Wildman–Crippen MR) is 125 cm³/mol. The van der Waals surface area contributed by atoms with Gasteiger partial charge in [-0.2, -0.15) is 10.2 Å². The summed E-state index contributed by atoms with van der Waals surface area (Å²) >= 11 is 0. The van der Waals surface area contributed by atoms with Crippen molar-refractivity contribution in [3.63, 3.8) is 0 Å². The number of nitrogens with one attached hydrogen (secondary N) is 3. The number of amides is 2. The summed E-state index contributed by atoms with van der Waals surface area (Å²) < 4.78 is 5.27. The molecule has 0 bridgehead atoms. The Hall–Kier alpha value is -4.47. The van der Waals surface area contributed by atoms with E-state index in [0.29, 0.717) is 22.2 Å². The molecular formula is C24H22N6O4. The number of hydrogen-bond donors (Lipinski definition) is 3. The van der Waals surface area contributed by atoms with Crippen LogP contribution in [-0.4, -0.2) is 50.4 Å². The van der Waals surface area contributed by atoms with Crippen molar-refractivity contribution in [1.29, 1.82) is 0 Å². The highest BCUT2D eigenvalue weighted by Gasteiger charge is 2.21. The highest BCUT2D eigenvalue weighted by atomic mass is 16.5. The van der Waals surface area contributed by atoms with E-state index in [1.54, 1.807) is 24.3 Å². The first-order valence-corrected chi connectivity index (χ1v) is 10.9. The van der Waals surface area contributed by atoms with Crippen molar-refractivity contribution >= 4 is 28.7 Å². The molecule has 34 heavy (non-hydrogen) atoms. The number of hydrogen-bond acceptors (Lipinski definition) is 6. The minimum absolute atomic E-state index is 0.00226. The lowest BCUT2D eigenvalue weighted by molar-refractivity contribution is 0.0793. The fourth-order valence-electron chi connectivity index (χ4n) is 3.98. The van der Waals surface area contributed by atoms with Gasteiger partial charge in [0.15, 0.2) is 5.82 Å². The van der Waals surface area contributed by atoms with Gasteiger partial charge in [0.1, 0.15) is 17.8 Å². The van der Waals surface area contributed by atoms with Gasteiger partial charge < -0.3 is 9.64 Å². The number of ether oxygens (including phenoxy) is 1. The molecule has 1 aliphatic heterocycles. The van der Waals surface area contributed by atoms with Crippen molar-refractivity contribution in [1.82, 2.24) is 25.3 Å². The molecule has 0 aliphatic carbocycles. The van der Waals surface area contributed by atoms with E-state index < -0.39 is 11.7 Å². The molecule has 5 rings (SSSR count). The smallest absolute Gasteiger partial charge is 0.413 e. The van der Waals surface area contributed by atoms with E-state index >= 15 is 0 Å². The maximum absolute atomic E-state index is 12.6. The highest BCUT2D eigenvalue weighted by Crippen LogP contribution is 2.29. The average Bonchev–Trinajstić information content (AvgIpc) is 3.56. The van der Waals surface area contributed by atoms with Crippen LogP contribution < -0.4 is 10.9 Å². The summed E-state index contributed by atoms with van der Waals surface area (Å²) in [6.45, 7) is 1.63. The van der Waals surface area contributed by atoms with Crippen LogP contribution in [0.25, 0.3) is 22.2 Å². The van der Waals surface area contributed by atoms with Gasteiger partial charge in [0, 0.05) is 24.2 Å². The monoisotopic (exact) mass is 458 g/mol. The molecule has 4 aromatic rings. The highest BCUT2D eigenvalue weighted by molar-refractivity contribution is 6.04. The lowest BCUT2D eigenvalue weighted by Crippen LogP contribution is -2.27. The Morgan fingerprint density at radius 2 is 1.71 bits per heavy atom. The number of aromatic nitrogens is 4. The van der Waals surface area contributed by atoms with Gasteiger partial charge in [0.2, 0.25) is 0 Å². The molecule has 10 heteroatoms. The number of likely N-dealkylation sites (tertiary alicyclic amines) is 1. The molecule has 1 saturated heterocycles. The Morgan fingerprint density at radius 1 is 0.971 bits per heavy atom. The fourth-order valence-corrected chi connectivity index (χ4v) is 3.98. The first kappa shape index (κ1) is 21.4. The summed E-state index contributed by atoms with van der Waals surface area (Å²) in [5.74, 6) is 0.103. The Kier molecular flexibility index (Phi) is 5.77. The van der Waals surface area contributed by atoms with E-state index in [9.17, 15) is 14.4 Å². The Labute approximate surface area is 193 Å². The van der Waals surface area contributed by atoms with Crippen molar-refractivity contribution in [2.75, 3.05) is 18.4 Å². The van der Waals surface area contributed by atoms with Crippen LogP contribution in [0, 0.1) is 0 Å². The van der Waals surface area contributed by atoms with Gasteiger partial charge in [-0.05, 0) is 30.5 Å². The molecule has 10 nitrogen and oxygen atoms in total. The molecule has 1 fully saturated rings. The third-order valence-corrected chi connectivity index (χ3v) is 5.73. The van der Waals surface area contributed by atoms with Crippen LogP contribution in [0.15, 0.2) is 59.4 Å².